The number of rotatable bonds is 3. The van der Waals surface area contributed by atoms with Crippen LogP contribution in [-0.4, -0.2) is 4.57 Å². The van der Waals surface area contributed by atoms with Gasteiger partial charge in [-0.3, -0.25) is 0 Å². The molecule has 0 saturated heterocycles. The maximum atomic E-state index is 2.44. The Bertz CT molecular complexity index is 2760. The van der Waals surface area contributed by atoms with E-state index in [0.717, 1.165) is 5.69 Å². The summed E-state index contributed by atoms with van der Waals surface area (Å²) < 4.78 is 2.40. The zero-order valence-electron chi connectivity index (χ0n) is 27.9. The zero-order chi connectivity index (χ0) is 33.5. The molecule has 11 rings (SSSR count). The molecule has 9 aromatic rings. The Kier molecular flexibility index (Phi) is 5.91. The standard InChI is InChI=1S/C49H32N2/c1-3-15-35(16-4-1)50-45-24-12-8-20-38(45)39-29-27-34(32-48(39)50)33-28-30-42-40(31-33)37-19-7-9-21-41(37)49(42)43-22-10-13-25-46(43)51(36-17-5-2-6-18-36)47-26-14-11-23-44(47)49/h1-32H. The van der Waals surface area contributed by atoms with E-state index in [2.05, 4.69) is 204 Å². The third kappa shape index (κ3) is 3.82. The molecule has 2 heterocycles. The van der Waals surface area contributed by atoms with E-state index in [1.807, 2.05) is 0 Å². The van der Waals surface area contributed by atoms with Crippen LogP contribution in [0, 0.1) is 0 Å². The minimum atomic E-state index is -0.452. The van der Waals surface area contributed by atoms with E-state index >= 15 is 0 Å². The lowest BCUT2D eigenvalue weighted by atomic mass is 9.64. The van der Waals surface area contributed by atoms with Gasteiger partial charge in [0.2, 0.25) is 0 Å². The van der Waals surface area contributed by atoms with E-state index < -0.39 is 5.41 Å². The summed E-state index contributed by atoms with van der Waals surface area (Å²) in [6.07, 6.45) is 0. The summed E-state index contributed by atoms with van der Waals surface area (Å²) in [6.45, 7) is 0. The van der Waals surface area contributed by atoms with Crippen molar-refractivity contribution in [1.29, 1.82) is 0 Å². The van der Waals surface area contributed by atoms with Crippen molar-refractivity contribution in [1.82, 2.24) is 4.57 Å². The first-order valence-corrected chi connectivity index (χ1v) is 17.7. The Labute approximate surface area is 297 Å². The average Bonchev–Trinajstić information content (AvgIpc) is 3.69. The first-order valence-electron chi connectivity index (χ1n) is 17.7. The van der Waals surface area contributed by atoms with Crippen molar-refractivity contribution in [3.05, 3.63) is 216 Å². The molecule has 2 heteroatoms. The van der Waals surface area contributed by atoms with Gasteiger partial charge in [0.15, 0.2) is 0 Å². The van der Waals surface area contributed by atoms with E-state index in [4.69, 9.17) is 0 Å². The van der Waals surface area contributed by atoms with Crippen LogP contribution in [0.2, 0.25) is 0 Å². The number of hydrogen-bond donors (Lipinski definition) is 0. The van der Waals surface area contributed by atoms with Gasteiger partial charge in [0.05, 0.1) is 27.8 Å². The number of benzene rings is 8. The highest BCUT2D eigenvalue weighted by molar-refractivity contribution is 6.10. The molecule has 1 aliphatic heterocycles. The van der Waals surface area contributed by atoms with Gasteiger partial charge in [-0.25, -0.2) is 0 Å². The van der Waals surface area contributed by atoms with E-state index in [0.29, 0.717) is 0 Å². The van der Waals surface area contributed by atoms with Gasteiger partial charge in [-0.15, -0.1) is 0 Å². The summed E-state index contributed by atoms with van der Waals surface area (Å²) in [5.74, 6) is 0. The minimum Gasteiger partial charge on any atom is -0.310 e. The predicted molar refractivity (Wildman–Crippen MR) is 212 cm³/mol. The van der Waals surface area contributed by atoms with Crippen LogP contribution in [-0.2, 0) is 5.41 Å². The lowest BCUT2D eigenvalue weighted by Crippen LogP contribution is -2.36. The Balaban J connectivity index is 1.16. The third-order valence-corrected chi connectivity index (χ3v) is 11.2. The third-order valence-electron chi connectivity index (χ3n) is 11.2. The van der Waals surface area contributed by atoms with Crippen LogP contribution < -0.4 is 4.90 Å². The second kappa shape index (κ2) is 10.7. The molecule has 0 unspecified atom stereocenters. The minimum absolute atomic E-state index is 0.452. The van der Waals surface area contributed by atoms with Crippen LogP contribution in [0.5, 0.6) is 0 Å². The predicted octanol–water partition coefficient (Wildman–Crippen LogP) is 12.6. The van der Waals surface area contributed by atoms with E-state index in [1.165, 1.54) is 83.4 Å². The Morgan fingerprint density at radius 3 is 1.61 bits per heavy atom. The van der Waals surface area contributed by atoms with Crippen molar-refractivity contribution in [2.75, 3.05) is 4.90 Å². The lowest BCUT2D eigenvalue weighted by Gasteiger charge is -2.45. The topological polar surface area (TPSA) is 8.17 Å². The van der Waals surface area contributed by atoms with Crippen LogP contribution in [0.4, 0.5) is 17.1 Å². The fraction of sp³-hybridized carbons (Fsp3) is 0.0204. The van der Waals surface area contributed by atoms with Crippen molar-refractivity contribution < 1.29 is 0 Å². The van der Waals surface area contributed by atoms with Crippen LogP contribution in [0.25, 0.3) is 49.7 Å². The summed E-state index contributed by atoms with van der Waals surface area (Å²) in [6, 6.07) is 71.5. The van der Waals surface area contributed by atoms with Crippen LogP contribution >= 0.6 is 0 Å². The normalized spacial score (nSPS) is 13.6. The van der Waals surface area contributed by atoms with Gasteiger partial charge in [-0.05, 0) is 99.1 Å². The molecule has 0 bridgehead atoms. The van der Waals surface area contributed by atoms with Crippen LogP contribution in [0.15, 0.2) is 194 Å². The highest BCUT2D eigenvalue weighted by Gasteiger charge is 2.51. The average molecular weight is 649 g/mol. The largest absolute Gasteiger partial charge is 0.310 e. The molecule has 2 nitrogen and oxygen atoms in total. The summed E-state index contributed by atoms with van der Waals surface area (Å²) in [4.78, 5) is 2.44. The molecule has 0 amide bonds. The zero-order valence-corrected chi connectivity index (χ0v) is 27.9. The molecule has 0 fully saturated rings. The van der Waals surface area contributed by atoms with E-state index in [9.17, 15) is 0 Å². The molecule has 1 aromatic heterocycles. The molecule has 238 valence electrons. The SMILES string of the molecule is c1ccc(N2c3ccccc3C3(c4ccccc4-c4cc(-c5ccc6c7ccccc7n(-c7ccccc7)c6c5)ccc43)c3ccccc32)cc1. The summed E-state index contributed by atoms with van der Waals surface area (Å²) in [5, 5.41) is 2.54. The lowest BCUT2D eigenvalue weighted by molar-refractivity contribution is 0.753. The smallest absolute Gasteiger partial charge is 0.0754 e. The summed E-state index contributed by atoms with van der Waals surface area (Å²) in [5.41, 5.74) is 17.1. The van der Waals surface area contributed by atoms with Crippen LogP contribution in [0.3, 0.4) is 0 Å². The molecular weight excluding hydrogens is 617 g/mol. The maximum absolute atomic E-state index is 2.44. The number of fused-ring (bicyclic) bond motifs is 12. The number of hydrogen-bond acceptors (Lipinski definition) is 1. The molecule has 1 spiro atoms. The van der Waals surface area contributed by atoms with Crippen LogP contribution in [0.1, 0.15) is 22.3 Å². The number of anilines is 3. The second-order valence-corrected chi connectivity index (χ2v) is 13.7. The van der Waals surface area contributed by atoms with Crippen molar-refractivity contribution in [2.45, 2.75) is 5.41 Å². The Morgan fingerprint density at radius 1 is 0.333 bits per heavy atom. The Hall–Kier alpha value is -6.64. The molecule has 51 heavy (non-hydrogen) atoms. The van der Waals surface area contributed by atoms with Crippen molar-refractivity contribution >= 4 is 38.9 Å². The molecule has 8 aromatic carbocycles. The maximum Gasteiger partial charge on any atom is 0.0754 e. The number of aromatic nitrogens is 1. The fourth-order valence-electron chi connectivity index (χ4n) is 9.15. The quantitative estimate of drug-likeness (QED) is 0.185. The summed E-state index contributed by atoms with van der Waals surface area (Å²) in [7, 11) is 0. The van der Waals surface area contributed by atoms with Gasteiger partial charge >= 0.3 is 0 Å². The molecule has 1 aliphatic carbocycles. The first-order chi connectivity index (χ1) is 25.3. The van der Waals surface area contributed by atoms with Gasteiger partial charge in [-0.1, -0.05) is 140 Å². The number of para-hydroxylation sites is 5. The molecule has 0 saturated carbocycles. The van der Waals surface area contributed by atoms with Gasteiger partial charge in [0.1, 0.15) is 0 Å². The molecule has 0 N–H and O–H groups in total. The number of nitrogens with zero attached hydrogens (tertiary/aromatic N) is 2. The van der Waals surface area contributed by atoms with Crippen molar-refractivity contribution in [2.24, 2.45) is 0 Å². The molecule has 2 aliphatic rings. The van der Waals surface area contributed by atoms with Gasteiger partial charge < -0.3 is 9.47 Å². The van der Waals surface area contributed by atoms with E-state index in [-0.39, 0.29) is 0 Å². The monoisotopic (exact) mass is 648 g/mol. The second-order valence-electron chi connectivity index (χ2n) is 13.7. The fourth-order valence-corrected chi connectivity index (χ4v) is 9.15. The highest BCUT2D eigenvalue weighted by Crippen LogP contribution is 2.63. The molecular formula is C49H32N2. The Morgan fingerprint density at radius 2 is 0.863 bits per heavy atom. The highest BCUT2D eigenvalue weighted by atomic mass is 15.2. The van der Waals surface area contributed by atoms with Gasteiger partial charge in [0.25, 0.3) is 0 Å². The van der Waals surface area contributed by atoms with E-state index in [1.54, 1.807) is 0 Å². The van der Waals surface area contributed by atoms with Gasteiger partial charge in [-0.2, -0.15) is 0 Å². The van der Waals surface area contributed by atoms with Crippen molar-refractivity contribution in [3.8, 4) is 27.9 Å². The molecule has 0 radical (unpaired) electrons. The summed E-state index contributed by atoms with van der Waals surface area (Å²) >= 11 is 0. The molecule has 0 atom stereocenters. The van der Waals surface area contributed by atoms with Crippen molar-refractivity contribution in [3.63, 3.8) is 0 Å². The first kappa shape index (κ1) is 28.2. The van der Waals surface area contributed by atoms with Gasteiger partial charge in [0, 0.05) is 22.1 Å².